The van der Waals surface area contributed by atoms with Crippen LogP contribution in [0, 0.1) is 5.92 Å². The van der Waals surface area contributed by atoms with E-state index in [0.717, 1.165) is 24.2 Å². The molecule has 0 spiro atoms. The van der Waals surface area contributed by atoms with Crippen LogP contribution >= 0.6 is 0 Å². The minimum absolute atomic E-state index is 0.0390. The Hall–Kier alpha value is -1.55. The Morgan fingerprint density at radius 3 is 2.67 bits per heavy atom. The SMILES string of the molecule is COc1ccccc1C(C)NC(C(=O)O)C1CC1. The molecule has 1 aliphatic carbocycles. The van der Waals surface area contributed by atoms with Gasteiger partial charge in [0.15, 0.2) is 0 Å². The number of aliphatic carboxylic acids is 1. The quantitative estimate of drug-likeness (QED) is 0.811. The Morgan fingerprint density at radius 1 is 1.44 bits per heavy atom. The van der Waals surface area contributed by atoms with Gasteiger partial charge in [0.05, 0.1) is 7.11 Å². The van der Waals surface area contributed by atoms with E-state index < -0.39 is 12.0 Å². The van der Waals surface area contributed by atoms with Gasteiger partial charge in [-0.25, -0.2) is 0 Å². The summed E-state index contributed by atoms with van der Waals surface area (Å²) >= 11 is 0. The number of benzene rings is 1. The minimum Gasteiger partial charge on any atom is -0.496 e. The third kappa shape index (κ3) is 2.82. The zero-order valence-electron chi connectivity index (χ0n) is 10.7. The standard InChI is InChI=1S/C14H19NO3/c1-9(11-5-3-4-6-12(11)18-2)15-13(14(16)17)10-7-8-10/h3-6,9-10,13,15H,7-8H2,1-2H3,(H,16,17). The van der Waals surface area contributed by atoms with Gasteiger partial charge in [-0.2, -0.15) is 0 Å². The summed E-state index contributed by atoms with van der Waals surface area (Å²) in [6.45, 7) is 1.97. The fourth-order valence-electron chi connectivity index (χ4n) is 2.22. The molecule has 0 radical (unpaired) electrons. The first-order valence-electron chi connectivity index (χ1n) is 6.25. The first-order valence-corrected chi connectivity index (χ1v) is 6.25. The van der Waals surface area contributed by atoms with Crippen LogP contribution in [0.15, 0.2) is 24.3 Å². The van der Waals surface area contributed by atoms with Crippen LogP contribution in [0.1, 0.15) is 31.4 Å². The number of hydrogen-bond acceptors (Lipinski definition) is 3. The molecule has 18 heavy (non-hydrogen) atoms. The number of carbonyl (C=O) groups is 1. The Kier molecular flexibility index (Phi) is 3.87. The Balaban J connectivity index is 2.10. The molecule has 2 rings (SSSR count). The molecule has 0 heterocycles. The number of para-hydroxylation sites is 1. The van der Waals surface area contributed by atoms with Crippen molar-refractivity contribution in [2.75, 3.05) is 7.11 Å². The third-order valence-electron chi connectivity index (χ3n) is 3.39. The van der Waals surface area contributed by atoms with E-state index in [1.54, 1.807) is 7.11 Å². The maximum Gasteiger partial charge on any atom is 0.320 e. The van der Waals surface area contributed by atoms with Gasteiger partial charge in [-0.3, -0.25) is 10.1 Å². The van der Waals surface area contributed by atoms with Crippen LogP contribution in [0.4, 0.5) is 0 Å². The van der Waals surface area contributed by atoms with E-state index in [1.807, 2.05) is 31.2 Å². The summed E-state index contributed by atoms with van der Waals surface area (Å²) in [7, 11) is 1.63. The average Bonchev–Trinajstić information content (AvgIpc) is 3.19. The maximum absolute atomic E-state index is 11.2. The van der Waals surface area contributed by atoms with E-state index in [0.29, 0.717) is 0 Å². The number of carboxylic acid groups (broad SMARTS) is 1. The fourth-order valence-corrected chi connectivity index (χ4v) is 2.22. The Labute approximate surface area is 107 Å². The van der Waals surface area contributed by atoms with Crippen molar-refractivity contribution in [1.29, 1.82) is 0 Å². The van der Waals surface area contributed by atoms with Crippen molar-refractivity contribution < 1.29 is 14.6 Å². The molecule has 0 aliphatic heterocycles. The van der Waals surface area contributed by atoms with E-state index in [9.17, 15) is 9.90 Å². The predicted molar refractivity (Wildman–Crippen MR) is 68.7 cm³/mol. The lowest BCUT2D eigenvalue weighted by atomic mass is 10.0. The lowest BCUT2D eigenvalue weighted by Crippen LogP contribution is -2.40. The summed E-state index contributed by atoms with van der Waals surface area (Å²) in [6.07, 6.45) is 2.01. The normalized spacial score (nSPS) is 18.1. The molecule has 1 saturated carbocycles. The number of rotatable bonds is 6. The van der Waals surface area contributed by atoms with Crippen LogP contribution in [0.3, 0.4) is 0 Å². The summed E-state index contributed by atoms with van der Waals surface area (Å²) in [5, 5.41) is 12.4. The molecule has 1 fully saturated rings. The van der Waals surface area contributed by atoms with Crippen molar-refractivity contribution in [3.05, 3.63) is 29.8 Å². The van der Waals surface area contributed by atoms with E-state index in [1.165, 1.54) is 0 Å². The van der Waals surface area contributed by atoms with Gasteiger partial charge in [0.25, 0.3) is 0 Å². The van der Waals surface area contributed by atoms with Gasteiger partial charge < -0.3 is 9.84 Å². The van der Waals surface area contributed by atoms with Crippen LogP contribution in [0.2, 0.25) is 0 Å². The molecule has 2 N–H and O–H groups in total. The van der Waals surface area contributed by atoms with Gasteiger partial charge in [-0.1, -0.05) is 18.2 Å². The van der Waals surface area contributed by atoms with Crippen LogP contribution in [0.25, 0.3) is 0 Å². The molecule has 1 aliphatic rings. The first kappa shape index (κ1) is 12.9. The van der Waals surface area contributed by atoms with Gasteiger partial charge in [0, 0.05) is 11.6 Å². The summed E-state index contributed by atoms with van der Waals surface area (Å²) in [5.41, 5.74) is 0.993. The van der Waals surface area contributed by atoms with Gasteiger partial charge >= 0.3 is 5.97 Å². The van der Waals surface area contributed by atoms with Gasteiger partial charge in [-0.15, -0.1) is 0 Å². The second kappa shape index (κ2) is 5.40. The highest BCUT2D eigenvalue weighted by molar-refractivity contribution is 5.74. The molecule has 1 aromatic rings. The minimum atomic E-state index is -0.765. The molecule has 2 unspecified atom stereocenters. The lowest BCUT2D eigenvalue weighted by Gasteiger charge is -2.21. The van der Waals surface area contributed by atoms with E-state index in [4.69, 9.17) is 4.74 Å². The molecule has 4 heteroatoms. The van der Waals surface area contributed by atoms with E-state index >= 15 is 0 Å². The molecule has 1 aromatic carbocycles. The zero-order valence-corrected chi connectivity index (χ0v) is 10.7. The molecule has 0 saturated heterocycles. The van der Waals surface area contributed by atoms with Crippen LogP contribution in [-0.4, -0.2) is 24.2 Å². The predicted octanol–water partition coefficient (Wildman–Crippen LogP) is 2.21. The Morgan fingerprint density at radius 2 is 2.11 bits per heavy atom. The number of methoxy groups -OCH3 is 1. The maximum atomic E-state index is 11.2. The molecule has 98 valence electrons. The largest absolute Gasteiger partial charge is 0.496 e. The second-order valence-electron chi connectivity index (χ2n) is 4.78. The summed E-state index contributed by atoms with van der Waals surface area (Å²) < 4.78 is 5.30. The number of ether oxygens (including phenoxy) is 1. The van der Waals surface area contributed by atoms with Gasteiger partial charge in [-0.05, 0) is 31.7 Å². The summed E-state index contributed by atoms with van der Waals surface area (Å²) in [5.74, 6) is 0.302. The molecule has 2 atom stereocenters. The summed E-state index contributed by atoms with van der Waals surface area (Å²) in [4.78, 5) is 11.2. The van der Waals surface area contributed by atoms with Crippen LogP contribution in [-0.2, 0) is 4.79 Å². The number of hydrogen-bond donors (Lipinski definition) is 2. The molecule has 0 bridgehead atoms. The van der Waals surface area contributed by atoms with Gasteiger partial charge in [0.1, 0.15) is 11.8 Å². The van der Waals surface area contributed by atoms with Crippen molar-refractivity contribution >= 4 is 5.97 Å². The van der Waals surface area contributed by atoms with Crippen molar-refractivity contribution in [3.8, 4) is 5.75 Å². The van der Waals surface area contributed by atoms with Crippen LogP contribution < -0.4 is 10.1 Å². The fraction of sp³-hybridized carbons (Fsp3) is 0.500. The van der Waals surface area contributed by atoms with E-state index in [2.05, 4.69) is 5.32 Å². The third-order valence-corrected chi connectivity index (χ3v) is 3.39. The van der Waals surface area contributed by atoms with Crippen molar-refractivity contribution in [2.24, 2.45) is 5.92 Å². The zero-order chi connectivity index (χ0) is 13.1. The summed E-state index contributed by atoms with van der Waals surface area (Å²) in [6, 6.07) is 7.20. The Bertz CT molecular complexity index is 429. The topological polar surface area (TPSA) is 58.6 Å². The lowest BCUT2D eigenvalue weighted by molar-refractivity contribution is -0.140. The van der Waals surface area contributed by atoms with E-state index in [-0.39, 0.29) is 12.0 Å². The van der Waals surface area contributed by atoms with Gasteiger partial charge in [0.2, 0.25) is 0 Å². The highest BCUT2D eigenvalue weighted by Gasteiger charge is 2.37. The highest BCUT2D eigenvalue weighted by Crippen LogP contribution is 2.34. The average molecular weight is 249 g/mol. The molecule has 0 aromatic heterocycles. The number of nitrogens with one attached hydrogen (secondary N) is 1. The van der Waals surface area contributed by atoms with Crippen molar-refractivity contribution in [2.45, 2.75) is 31.8 Å². The van der Waals surface area contributed by atoms with Crippen molar-refractivity contribution in [3.63, 3.8) is 0 Å². The van der Waals surface area contributed by atoms with Crippen molar-refractivity contribution in [1.82, 2.24) is 5.32 Å². The number of carboxylic acids is 1. The second-order valence-corrected chi connectivity index (χ2v) is 4.78. The monoisotopic (exact) mass is 249 g/mol. The highest BCUT2D eigenvalue weighted by atomic mass is 16.5. The molecule has 0 amide bonds. The molecule has 4 nitrogen and oxygen atoms in total. The van der Waals surface area contributed by atoms with Crippen LogP contribution in [0.5, 0.6) is 5.75 Å². The first-order chi connectivity index (χ1) is 8.63. The molecular weight excluding hydrogens is 230 g/mol. The smallest absolute Gasteiger partial charge is 0.320 e. The molecular formula is C14H19NO3.